The van der Waals surface area contributed by atoms with Gasteiger partial charge in [0.25, 0.3) is 0 Å². The predicted octanol–water partition coefficient (Wildman–Crippen LogP) is 2.13. The molecule has 0 bridgehead atoms. The highest BCUT2D eigenvalue weighted by Crippen LogP contribution is 2.24. The van der Waals surface area contributed by atoms with Crippen molar-refractivity contribution >= 4 is 5.97 Å². The van der Waals surface area contributed by atoms with Gasteiger partial charge in [0, 0.05) is 6.54 Å². The number of methoxy groups -OCH3 is 1. The van der Waals surface area contributed by atoms with Crippen LogP contribution in [0.15, 0.2) is 30.9 Å². The molecule has 0 aliphatic heterocycles. The van der Waals surface area contributed by atoms with E-state index in [0.717, 1.165) is 12.1 Å². The van der Waals surface area contributed by atoms with Crippen molar-refractivity contribution in [1.82, 2.24) is 5.32 Å². The van der Waals surface area contributed by atoms with E-state index in [1.807, 2.05) is 0 Å². The normalized spacial score (nSPS) is 13.8. The number of carbonyl (C=O) groups excluding carboxylic acids is 1. The summed E-state index contributed by atoms with van der Waals surface area (Å²) in [5, 5.41) is 2.88. The minimum Gasteiger partial charge on any atom is -0.467 e. The van der Waals surface area contributed by atoms with Gasteiger partial charge >= 0.3 is 5.97 Å². The lowest BCUT2D eigenvalue weighted by atomic mass is 9.91. The highest BCUT2D eigenvalue weighted by molar-refractivity contribution is 5.82. The van der Waals surface area contributed by atoms with Gasteiger partial charge in [-0.3, -0.25) is 5.32 Å². The van der Waals surface area contributed by atoms with Gasteiger partial charge < -0.3 is 4.74 Å². The van der Waals surface area contributed by atoms with E-state index in [9.17, 15) is 13.6 Å². The Balaban J connectivity index is 3.20. The molecule has 1 unspecified atom stereocenters. The van der Waals surface area contributed by atoms with Crippen molar-refractivity contribution in [3.05, 3.63) is 48.1 Å². The highest BCUT2D eigenvalue weighted by atomic mass is 19.2. The number of hydrogen-bond donors (Lipinski definition) is 1. The molecule has 5 heteroatoms. The van der Waals surface area contributed by atoms with E-state index in [1.54, 1.807) is 6.08 Å². The minimum atomic E-state index is -1.25. The zero-order chi connectivity index (χ0) is 13.8. The molecule has 1 rings (SSSR count). The Hall–Kier alpha value is -1.75. The van der Waals surface area contributed by atoms with Crippen LogP contribution in [-0.4, -0.2) is 19.6 Å². The summed E-state index contributed by atoms with van der Waals surface area (Å²) in [6, 6.07) is 3.29. The Morgan fingerprint density at radius 3 is 2.67 bits per heavy atom. The third-order valence-corrected chi connectivity index (χ3v) is 2.69. The van der Waals surface area contributed by atoms with Crippen molar-refractivity contribution in [2.24, 2.45) is 0 Å². The Morgan fingerprint density at radius 2 is 2.17 bits per heavy atom. The molecule has 0 aliphatic rings. The van der Waals surface area contributed by atoms with E-state index in [0.29, 0.717) is 6.54 Å². The molecule has 0 saturated carbocycles. The standard InChI is InChI=1S/C13H15F2NO2/c1-4-7-16-13(2,12(17)18-3)9-5-6-10(14)11(15)8-9/h4-6,8,16H,1,7H2,2-3H3. The van der Waals surface area contributed by atoms with E-state index in [1.165, 1.54) is 20.1 Å². The first kappa shape index (κ1) is 14.3. The number of rotatable bonds is 5. The fourth-order valence-corrected chi connectivity index (χ4v) is 1.58. The summed E-state index contributed by atoms with van der Waals surface area (Å²) in [5.41, 5.74) is -0.965. The fraction of sp³-hybridized carbons (Fsp3) is 0.308. The van der Waals surface area contributed by atoms with Gasteiger partial charge in [-0.05, 0) is 24.6 Å². The van der Waals surface area contributed by atoms with Gasteiger partial charge in [-0.15, -0.1) is 6.58 Å². The summed E-state index contributed by atoms with van der Waals surface area (Å²) in [6.07, 6.45) is 1.56. The predicted molar refractivity (Wildman–Crippen MR) is 63.9 cm³/mol. The number of carbonyl (C=O) groups is 1. The van der Waals surface area contributed by atoms with E-state index in [4.69, 9.17) is 0 Å². The number of esters is 1. The zero-order valence-electron chi connectivity index (χ0n) is 10.3. The molecule has 1 aromatic carbocycles. The molecular formula is C13H15F2NO2. The van der Waals surface area contributed by atoms with Gasteiger partial charge in [-0.25, -0.2) is 13.6 Å². The smallest absolute Gasteiger partial charge is 0.330 e. The third-order valence-electron chi connectivity index (χ3n) is 2.69. The van der Waals surface area contributed by atoms with Crippen molar-refractivity contribution < 1.29 is 18.3 Å². The molecule has 0 radical (unpaired) electrons. The van der Waals surface area contributed by atoms with Crippen LogP contribution in [0.25, 0.3) is 0 Å². The Morgan fingerprint density at radius 1 is 1.50 bits per heavy atom. The topological polar surface area (TPSA) is 38.3 Å². The molecule has 0 aliphatic carbocycles. The monoisotopic (exact) mass is 255 g/mol. The Bertz CT molecular complexity index is 462. The zero-order valence-corrected chi connectivity index (χ0v) is 10.3. The molecule has 1 aromatic rings. The summed E-state index contributed by atoms with van der Waals surface area (Å²) in [7, 11) is 1.23. The van der Waals surface area contributed by atoms with Gasteiger partial charge in [0.1, 0.15) is 5.54 Å². The van der Waals surface area contributed by atoms with Crippen LogP contribution >= 0.6 is 0 Å². The van der Waals surface area contributed by atoms with E-state index < -0.39 is 23.1 Å². The summed E-state index contributed by atoms with van der Waals surface area (Å²) in [4.78, 5) is 11.8. The third kappa shape index (κ3) is 2.73. The molecule has 3 nitrogen and oxygen atoms in total. The largest absolute Gasteiger partial charge is 0.467 e. The average molecular weight is 255 g/mol. The van der Waals surface area contributed by atoms with Gasteiger partial charge in [-0.1, -0.05) is 12.1 Å². The summed E-state index contributed by atoms with van der Waals surface area (Å²) in [6.45, 7) is 5.39. The van der Waals surface area contributed by atoms with Crippen LogP contribution in [0, 0.1) is 11.6 Å². The number of ether oxygens (including phenoxy) is 1. The molecule has 0 fully saturated rings. The van der Waals surface area contributed by atoms with Crippen molar-refractivity contribution in [2.75, 3.05) is 13.7 Å². The molecule has 0 saturated heterocycles. The van der Waals surface area contributed by atoms with Crippen LogP contribution in [0.2, 0.25) is 0 Å². The first-order valence-electron chi connectivity index (χ1n) is 5.35. The first-order chi connectivity index (χ1) is 8.45. The molecular weight excluding hydrogens is 240 g/mol. The van der Waals surface area contributed by atoms with Gasteiger partial charge in [0.2, 0.25) is 0 Å². The van der Waals surface area contributed by atoms with Crippen LogP contribution in [-0.2, 0) is 15.1 Å². The van der Waals surface area contributed by atoms with Crippen LogP contribution in [0.3, 0.4) is 0 Å². The van der Waals surface area contributed by atoms with Gasteiger partial charge in [0.05, 0.1) is 7.11 Å². The SMILES string of the molecule is C=CCNC(C)(C(=O)OC)c1ccc(F)c(F)c1. The lowest BCUT2D eigenvalue weighted by Gasteiger charge is -2.28. The number of benzene rings is 1. The van der Waals surface area contributed by atoms with Crippen molar-refractivity contribution in [1.29, 1.82) is 0 Å². The molecule has 1 atom stereocenters. The second-order valence-corrected chi connectivity index (χ2v) is 3.92. The molecule has 18 heavy (non-hydrogen) atoms. The molecule has 1 N–H and O–H groups in total. The van der Waals surface area contributed by atoms with E-state index >= 15 is 0 Å². The molecule has 0 heterocycles. The van der Waals surface area contributed by atoms with Gasteiger partial charge in [-0.2, -0.15) is 0 Å². The lowest BCUT2D eigenvalue weighted by molar-refractivity contribution is -0.148. The van der Waals surface area contributed by atoms with Crippen LogP contribution < -0.4 is 5.32 Å². The maximum Gasteiger partial charge on any atom is 0.330 e. The van der Waals surface area contributed by atoms with Crippen molar-refractivity contribution in [3.63, 3.8) is 0 Å². The summed E-state index contributed by atoms with van der Waals surface area (Å²) in [5.74, 6) is -2.56. The maximum absolute atomic E-state index is 13.2. The second kappa shape index (κ2) is 5.73. The maximum atomic E-state index is 13.2. The van der Waals surface area contributed by atoms with E-state index in [-0.39, 0.29) is 5.56 Å². The van der Waals surface area contributed by atoms with Crippen LogP contribution in [0.4, 0.5) is 8.78 Å². The second-order valence-electron chi connectivity index (χ2n) is 3.92. The summed E-state index contributed by atoms with van der Waals surface area (Å²) < 4.78 is 30.8. The van der Waals surface area contributed by atoms with Crippen LogP contribution in [0.1, 0.15) is 12.5 Å². The fourth-order valence-electron chi connectivity index (χ4n) is 1.58. The Kier molecular flexibility index (Phi) is 4.55. The number of hydrogen-bond acceptors (Lipinski definition) is 3. The number of nitrogens with one attached hydrogen (secondary N) is 1. The quantitative estimate of drug-likeness (QED) is 0.647. The highest BCUT2D eigenvalue weighted by Gasteiger charge is 2.36. The first-order valence-corrected chi connectivity index (χ1v) is 5.35. The molecule has 98 valence electrons. The molecule has 0 amide bonds. The van der Waals surface area contributed by atoms with Gasteiger partial charge in [0.15, 0.2) is 11.6 Å². The number of halogens is 2. The van der Waals surface area contributed by atoms with Crippen molar-refractivity contribution in [3.8, 4) is 0 Å². The Labute approximate surface area is 104 Å². The van der Waals surface area contributed by atoms with Crippen LogP contribution in [0.5, 0.6) is 0 Å². The minimum absolute atomic E-state index is 0.287. The summed E-state index contributed by atoms with van der Waals surface area (Å²) >= 11 is 0. The van der Waals surface area contributed by atoms with Crippen molar-refractivity contribution in [2.45, 2.75) is 12.5 Å². The molecule has 0 aromatic heterocycles. The average Bonchev–Trinajstić information content (AvgIpc) is 2.38. The van der Waals surface area contributed by atoms with E-state index in [2.05, 4.69) is 16.6 Å². The molecule has 0 spiro atoms. The lowest BCUT2D eigenvalue weighted by Crippen LogP contribution is -2.47.